The molecule has 10 heteroatoms. The van der Waals surface area contributed by atoms with Gasteiger partial charge in [-0.1, -0.05) is 60.2 Å². The summed E-state index contributed by atoms with van der Waals surface area (Å²) in [5.41, 5.74) is 2.05. The molecular formula is C30H37N3O6S. The maximum absolute atomic E-state index is 13.1. The van der Waals surface area contributed by atoms with Crippen LogP contribution in [0.25, 0.3) is 0 Å². The molecule has 0 aliphatic heterocycles. The molecule has 0 aliphatic carbocycles. The van der Waals surface area contributed by atoms with E-state index in [4.69, 9.17) is 9.47 Å². The summed E-state index contributed by atoms with van der Waals surface area (Å²) in [7, 11) is -3.98. The molecule has 3 rings (SSSR count). The lowest BCUT2D eigenvalue weighted by molar-refractivity contribution is -0.122. The first-order valence-electron chi connectivity index (χ1n) is 13.0. The standard InChI is InChI=1S/C30H37N3O6S/c1-22-10-16-26(17-11-22)40(36,37)33-27(28(34)31-18-19-32-29(35)39-30(2,3)4)20-23-12-14-25(15-13-23)38-21-24-8-6-5-7-9-24/h5-17,27,33H,18-21H2,1-4H3,(H,31,34)(H,32,35). The Hall–Kier alpha value is -3.89. The number of hydrogen-bond donors (Lipinski definition) is 3. The number of carbonyl (C=O) groups is 2. The highest BCUT2D eigenvalue weighted by atomic mass is 32.2. The van der Waals surface area contributed by atoms with Crippen LogP contribution >= 0.6 is 0 Å². The largest absolute Gasteiger partial charge is 0.489 e. The summed E-state index contributed by atoms with van der Waals surface area (Å²) < 4.78 is 39.7. The molecule has 40 heavy (non-hydrogen) atoms. The number of hydrogen-bond acceptors (Lipinski definition) is 6. The number of ether oxygens (including phenoxy) is 2. The van der Waals surface area contributed by atoms with Gasteiger partial charge in [-0.25, -0.2) is 13.2 Å². The van der Waals surface area contributed by atoms with E-state index in [0.717, 1.165) is 16.7 Å². The molecule has 0 aliphatic rings. The van der Waals surface area contributed by atoms with Crippen LogP contribution in [0.15, 0.2) is 83.8 Å². The third kappa shape index (κ3) is 10.3. The Bertz CT molecular complexity index is 1350. The lowest BCUT2D eigenvalue weighted by Gasteiger charge is -2.21. The van der Waals surface area contributed by atoms with Crippen molar-refractivity contribution in [2.75, 3.05) is 13.1 Å². The van der Waals surface area contributed by atoms with Crippen molar-refractivity contribution < 1.29 is 27.5 Å². The first-order valence-corrected chi connectivity index (χ1v) is 14.5. The lowest BCUT2D eigenvalue weighted by Crippen LogP contribution is -2.49. The van der Waals surface area contributed by atoms with Crippen molar-refractivity contribution in [3.8, 4) is 5.75 Å². The number of alkyl carbamates (subject to hydrolysis) is 1. The van der Waals surface area contributed by atoms with Crippen molar-refractivity contribution in [1.29, 1.82) is 0 Å². The highest BCUT2D eigenvalue weighted by Crippen LogP contribution is 2.17. The van der Waals surface area contributed by atoms with Crippen LogP contribution in [0.3, 0.4) is 0 Å². The number of amides is 2. The molecule has 0 saturated heterocycles. The molecule has 214 valence electrons. The summed E-state index contributed by atoms with van der Waals surface area (Å²) in [6.07, 6.45) is -0.497. The van der Waals surface area contributed by atoms with E-state index in [9.17, 15) is 18.0 Å². The zero-order valence-electron chi connectivity index (χ0n) is 23.3. The van der Waals surface area contributed by atoms with Crippen molar-refractivity contribution in [2.45, 2.75) is 57.3 Å². The number of carbonyl (C=O) groups excluding carboxylic acids is 2. The van der Waals surface area contributed by atoms with E-state index in [-0.39, 0.29) is 24.4 Å². The SMILES string of the molecule is Cc1ccc(S(=O)(=O)NC(Cc2ccc(OCc3ccccc3)cc2)C(=O)NCCNC(=O)OC(C)(C)C)cc1. The minimum Gasteiger partial charge on any atom is -0.489 e. The van der Waals surface area contributed by atoms with Crippen LogP contribution in [0.5, 0.6) is 5.75 Å². The van der Waals surface area contributed by atoms with Gasteiger partial charge in [0.05, 0.1) is 4.90 Å². The topological polar surface area (TPSA) is 123 Å². The fourth-order valence-corrected chi connectivity index (χ4v) is 4.84. The van der Waals surface area contributed by atoms with E-state index in [1.807, 2.05) is 37.3 Å². The highest BCUT2D eigenvalue weighted by molar-refractivity contribution is 7.89. The van der Waals surface area contributed by atoms with Gasteiger partial charge >= 0.3 is 6.09 Å². The van der Waals surface area contributed by atoms with Gasteiger partial charge in [-0.05, 0) is 69.5 Å². The zero-order chi connectivity index (χ0) is 29.2. The van der Waals surface area contributed by atoms with Crippen LogP contribution < -0.4 is 20.1 Å². The maximum Gasteiger partial charge on any atom is 0.407 e. The number of rotatable bonds is 12. The van der Waals surface area contributed by atoms with Crippen molar-refractivity contribution >= 4 is 22.0 Å². The molecule has 3 aromatic rings. The molecule has 0 fully saturated rings. The average Bonchev–Trinajstić information content (AvgIpc) is 2.90. The van der Waals surface area contributed by atoms with Gasteiger partial charge in [-0.3, -0.25) is 4.79 Å². The van der Waals surface area contributed by atoms with Crippen LogP contribution in [0, 0.1) is 6.92 Å². The zero-order valence-corrected chi connectivity index (χ0v) is 24.1. The molecule has 0 bridgehead atoms. The summed E-state index contributed by atoms with van der Waals surface area (Å²) >= 11 is 0. The van der Waals surface area contributed by atoms with Crippen molar-refractivity contribution in [3.05, 3.63) is 95.6 Å². The quantitative estimate of drug-likeness (QED) is 0.283. The molecule has 0 radical (unpaired) electrons. The Morgan fingerprint density at radius 2 is 1.45 bits per heavy atom. The van der Waals surface area contributed by atoms with Gasteiger partial charge < -0.3 is 20.1 Å². The molecular weight excluding hydrogens is 530 g/mol. The number of sulfonamides is 1. The normalized spacial score (nSPS) is 12.3. The van der Waals surface area contributed by atoms with Crippen molar-refractivity contribution in [2.24, 2.45) is 0 Å². The molecule has 0 aromatic heterocycles. The maximum atomic E-state index is 13.1. The monoisotopic (exact) mass is 567 g/mol. The Kier molecular flexibility index (Phi) is 10.7. The molecule has 0 saturated carbocycles. The first-order chi connectivity index (χ1) is 18.9. The Balaban J connectivity index is 1.66. The third-order valence-corrected chi connectivity index (χ3v) is 7.14. The molecule has 3 aromatic carbocycles. The molecule has 0 spiro atoms. The fourth-order valence-electron chi connectivity index (χ4n) is 3.65. The summed E-state index contributed by atoms with van der Waals surface area (Å²) in [5.74, 6) is 0.133. The smallest absolute Gasteiger partial charge is 0.407 e. The summed E-state index contributed by atoms with van der Waals surface area (Å²) in [5, 5.41) is 5.26. The van der Waals surface area contributed by atoms with Crippen LogP contribution in [0.4, 0.5) is 4.79 Å². The van der Waals surface area contributed by atoms with Gasteiger partial charge in [-0.15, -0.1) is 0 Å². The van der Waals surface area contributed by atoms with E-state index in [1.165, 1.54) is 12.1 Å². The van der Waals surface area contributed by atoms with Gasteiger partial charge in [0.1, 0.15) is 24.0 Å². The minimum absolute atomic E-state index is 0.0622. The number of nitrogens with one attached hydrogen (secondary N) is 3. The van der Waals surface area contributed by atoms with Crippen LogP contribution in [-0.4, -0.2) is 45.2 Å². The molecule has 0 heterocycles. The average molecular weight is 568 g/mol. The van der Waals surface area contributed by atoms with Crippen molar-refractivity contribution in [3.63, 3.8) is 0 Å². The lowest BCUT2D eigenvalue weighted by atomic mass is 10.1. The Morgan fingerprint density at radius 3 is 2.08 bits per heavy atom. The van der Waals surface area contributed by atoms with E-state index < -0.39 is 33.7 Å². The fraction of sp³-hybridized carbons (Fsp3) is 0.333. The Morgan fingerprint density at radius 1 is 0.825 bits per heavy atom. The van der Waals surface area contributed by atoms with E-state index in [1.54, 1.807) is 57.2 Å². The second kappa shape index (κ2) is 14.0. The number of benzene rings is 3. The summed E-state index contributed by atoms with van der Waals surface area (Å²) in [4.78, 5) is 25.0. The molecule has 2 amide bonds. The van der Waals surface area contributed by atoms with E-state index >= 15 is 0 Å². The first kappa shape index (κ1) is 30.6. The Labute approximate surface area is 236 Å². The van der Waals surface area contributed by atoms with Crippen LogP contribution in [-0.2, 0) is 32.6 Å². The second-order valence-electron chi connectivity index (χ2n) is 10.3. The minimum atomic E-state index is -3.98. The predicted octanol–water partition coefficient (Wildman–Crippen LogP) is 4.10. The van der Waals surface area contributed by atoms with Gasteiger partial charge in [0, 0.05) is 13.1 Å². The van der Waals surface area contributed by atoms with E-state index in [0.29, 0.717) is 12.4 Å². The van der Waals surface area contributed by atoms with Gasteiger partial charge in [0.15, 0.2) is 0 Å². The third-order valence-electron chi connectivity index (χ3n) is 5.65. The summed E-state index contributed by atoms with van der Waals surface area (Å²) in [6.45, 7) is 7.74. The second-order valence-corrected chi connectivity index (χ2v) is 12.0. The van der Waals surface area contributed by atoms with E-state index in [2.05, 4.69) is 15.4 Å². The molecule has 1 unspecified atom stereocenters. The van der Waals surface area contributed by atoms with Gasteiger partial charge in [0.2, 0.25) is 15.9 Å². The highest BCUT2D eigenvalue weighted by Gasteiger charge is 2.26. The van der Waals surface area contributed by atoms with Gasteiger partial charge in [0.25, 0.3) is 0 Å². The van der Waals surface area contributed by atoms with Crippen molar-refractivity contribution in [1.82, 2.24) is 15.4 Å². The van der Waals surface area contributed by atoms with Gasteiger partial charge in [-0.2, -0.15) is 4.72 Å². The van der Waals surface area contributed by atoms with Crippen LogP contribution in [0.2, 0.25) is 0 Å². The number of aryl methyl sites for hydroxylation is 1. The molecule has 1 atom stereocenters. The summed E-state index contributed by atoms with van der Waals surface area (Å²) in [6, 6.07) is 22.2. The van der Waals surface area contributed by atoms with Crippen LogP contribution in [0.1, 0.15) is 37.5 Å². The molecule has 3 N–H and O–H groups in total. The predicted molar refractivity (Wildman–Crippen MR) is 153 cm³/mol. The molecule has 9 nitrogen and oxygen atoms in total.